The van der Waals surface area contributed by atoms with Crippen LogP contribution in [0.2, 0.25) is 0 Å². The number of thiophene rings is 1. The van der Waals surface area contributed by atoms with Gasteiger partial charge in [-0.05, 0) is 29.6 Å². The van der Waals surface area contributed by atoms with Crippen molar-refractivity contribution in [3.05, 3.63) is 41.5 Å². The minimum absolute atomic E-state index is 0.0843. The van der Waals surface area contributed by atoms with Crippen LogP contribution in [-0.2, 0) is 14.6 Å². The molecule has 1 aromatic carbocycles. The summed E-state index contributed by atoms with van der Waals surface area (Å²) >= 11 is 1.11. The summed E-state index contributed by atoms with van der Waals surface area (Å²) in [6.45, 7) is 0. The lowest BCUT2D eigenvalue weighted by molar-refractivity contribution is -0.115. The number of nitrogens with one attached hydrogen (secondary N) is 1. The molecule has 0 fully saturated rings. The SMILES string of the molecule is Nc1cc(NC(=O)CCS(=O)(=O)c2cccs2)ccc1F. The first-order valence-corrected chi connectivity index (χ1v) is 8.53. The molecule has 0 bridgehead atoms. The van der Waals surface area contributed by atoms with E-state index >= 15 is 0 Å². The Hall–Kier alpha value is -1.93. The normalized spacial score (nSPS) is 11.3. The molecule has 0 saturated carbocycles. The van der Waals surface area contributed by atoms with Gasteiger partial charge in [0.1, 0.15) is 10.0 Å². The van der Waals surface area contributed by atoms with Gasteiger partial charge < -0.3 is 11.1 Å². The Morgan fingerprint density at radius 1 is 1.33 bits per heavy atom. The summed E-state index contributed by atoms with van der Waals surface area (Å²) in [7, 11) is -3.45. The lowest BCUT2D eigenvalue weighted by atomic mass is 10.2. The van der Waals surface area contributed by atoms with Gasteiger partial charge in [0.15, 0.2) is 9.84 Å². The number of carbonyl (C=O) groups excluding carboxylic acids is 1. The first kappa shape index (κ1) is 15.5. The second kappa shape index (κ2) is 6.23. The Morgan fingerprint density at radius 2 is 2.10 bits per heavy atom. The number of sulfone groups is 1. The van der Waals surface area contributed by atoms with Gasteiger partial charge in [-0.2, -0.15) is 0 Å². The van der Waals surface area contributed by atoms with Gasteiger partial charge in [-0.3, -0.25) is 4.79 Å². The molecule has 0 aliphatic rings. The molecule has 0 aliphatic carbocycles. The van der Waals surface area contributed by atoms with Crippen molar-refractivity contribution >= 4 is 38.5 Å². The fraction of sp³-hybridized carbons (Fsp3) is 0.154. The van der Waals surface area contributed by atoms with Gasteiger partial charge in [-0.15, -0.1) is 11.3 Å². The minimum Gasteiger partial charge on any atom is -0.396 e. The highest BCUT2D eigenvalue weighted by molar-refractivity contribution is 7.93. The van der Waals surface area contributed by atoms with Gasteiger partial charge >= 0.3 is 0 Å². The molecular formula is C13H13FN2O3S2. The average Bonchev–Trinajstić information content (AvgIpc) is 2.96. The quantitative estimate of drug-likeness (QED) is 0.824. The zero-order valence-electron chi connectivity index (χ0n) is 10.9. The van der Waals surface area contributed by atoms with Crippen molar-refractivity contribution in [3.8, 4) is 0 Å². The molecule has 1 heterocycles. The van der Waals surface area contributed by atoms with Gasteiger partial charge in [0.25, 0.3) is 0 Å². The van der Waals surface area contributed by atoms with Crippen LogP contribution in [0.5, 0.6) is 0 Å². The molecule has 0 spiro atoms. The largest absolute Gasteiger partial charge is 0.396 e. The van der Waals surface area contributed by atoms with Crippen LogP contribution in [0.25, 0.3) is 0 Å². The zero-order valence-corrected chi connectivity index (χ0v) is 12.5. The van der Waals surface area contributed by atoms with Crippen molar-refractivity contribution in [2.75, 3.05) is 16.8 Å². The van der Waals surface area contributed by atoms with Gasteiger partial charge in [0.05, 0.1) is 11.4 Å². The van der Waals surface area contributed by atoms with Gasteiger partial charge in [0.2, 0.25) is 5.91 Å². The summed E-state index contributed by atoms with van der Waals surface area (Å²) in [6, 6.07) is 6.91. The predicted octanol–water partition coefficient (Wildman–Crippen LogP) is 2.27. The standard InChI is InChI=1S/C13H13FN2O3S2/c14-10-4-3-9(8-11(10)15)16-12(17)5-7-21(18,19)13-2-1-6-20-13/h1-4,6,8H,5,7,15H2,(H,16,17). The maximum absolute atomic E-state index is 13.0. The van der Waals surface area contributed by atoms with Crippen molar-refractivity contribution in [1.29, 1.82) is 0 Å². The van der Waals surface area contributed by atoms with Crippen LogP contribution in [0.15, 0.2) is 39.9 Å². The molecule has 112 valence electrons. The molecule has 0 radical (unpaired) electrons. The summed E-state index contributed by atoms with van der Waals surface area (Å²) in [5, 5.41) is 4.14. The summed E-state index contributed by atoms with van der Waals surface area (Å²) in [5.41, 5.74) is 5.62. The van der Waals surface area contributed by atoms with E-state index in [0.29, 0.717) is 5.69 Å². The summed E-state index contributed by atoms with van der Waals surface area (Å²) in [5.74, 6) is -1.33. The zero-order chi connectivity index (χ0) is 15.5. The second-order valence-electron chi connectivity index (χ2n) is 4.29. The summed E-state index contributed by atoms with van der Waals surface area (Å²) in [6.07, 6.45) is -0.183. The lowest BCUT2D eigenvalue weighted by Crippen LogP contribution is -2.17. The number of rotatable bonds is 5. The molecule has 2 aromatic rings. The molecule has 0 atom stereocenters. The Kier molecular flexibility index (Phi) is 4.59. The highest BCUT2D eigenvalue weighted by atomic mass is 32.2. The molecule has 5 nitrogen and oxygen atoms in total. The number of nitrogen functional groups attached to an aromatic ring is 1. The summed E-state index contributed by atoms with van der Waals surface area (Å²) in [4.78, 5) is 11.7. The van der Waals surface area contributed by atoms with Crippen LogP contribution >= 0.6 is 11.3 Å². The molecule has 21 heavy (non-hydrogen) atoms. The third-order valence-corrected chi connectivity index (χ3v) is 5.88. The lowest BCUT2D eigenvalue weighted by Gasteiger charge is -2.06. The fourth-order valence-electron chi connectivity index (χ4n) is 1.61. The molecule has 0 unspecified atom stereocenters. The van der Waals surface area contributed by atoms with E-state index in [4.69, 9.17) is 5.73 Å². The van der Waals surface area contributed by atoms with E-state index in [0.717, 1.165) is 17.4 Å². The maximum Gasteiger partial charge on any atom is 0.225 e. The van der Waals surface area contributed by atoms with Crippen LogP contribution in [0.4, 0.5) is 15.8 Å². The number of hydrogen-bond acceptors (Lipinski definition) is 5. The molecule has 1 amide bonds. The van der Waals surface area contributed by atoms with E-state index in [-0.39, 0.29) is 22.1 Å². The monoisotopic (exact) mass is 328 g/mol. The number of halogens is 1. The van der Waals surface area contributed by atoms with Crippen LogP contribution in [-0.4, -0.2) is 20.1 Å². The van der Waals surface area contributed by atoms with Crippen molar-refractivity contribution in [3.63, 3.8) is 0 Å². The van der Waals surface area contributed by atoms with Gasteiger partial charge in [-0.1, -0.05) is 6.07 Å². The number of benzene rings is 1. The van der Waals surface area contributed by atoms with Crippen LogP contribution < -0.4 is 11.1 Å². The van der Waals surface area contributed by atoms with Crippen molar-refractivity contribution in [2.24, 2.45) is 0 Å². The van der Waals surface area contributed by atoms with Crippen LogP contribution in [0, 0.1) is 5.82 Å². The topological polar surface area (TPSA) is 89.3 Å². The Labute approximate surface area is 125 Å². The van der Waals surface area contributed by atoms with E-state index in [9.17, 15) is 17.6 Å². The molecule has 0 saturated heterocycles. The van der Waals surface area contributed by atoms with Crippen molar-refractivity contribution < 1.29 is 17.6 Å². The Bertz CT molecular complexity index is 743. The molecular weight excluding hydrogens is 315 g/mol. The predicted molar refractivity (Wildman–Crippen MR) is 80.4 cm³/mol. The average molecular weight is 328 g/mol. The minimum atomic E-state index is -3.45. The van der Waals surface area contributed by atoms with Crippen molar-refractivity contribution in [1.82, 2.24) is 0 Å². The number of anilines is 2. The van der Waals surface area contributed by atoms with Crippen LogP contribution in [0.3, 0.4) is 0 Å². The third kappa shape index (κ3) is 4.02. The number of hydrogen-bond donors (Lipinski definition) is 2. The van der Waals surface area contributed by atoms with Crippen LogP contribution in [0.1, 0.15) is 6.42 Å². The number of amides is 1. The molecule has 2 rings (SSSR count). The van der Waals surface area contributed by atoms with E-state index in [1.807, 2.05) is 0 Å². The van der Waals surface area contributed by atoms with E-state index in [1.54, 1.807) is 11.4 Å². The van der Waals surface area contributed by atoms with E-state index in [1.165, 1.54) is 18.2 Å². The first-order valence-electron chi connectivity index (χ1n) is 5.99. The molecule has 1 aromatic heterocycles. The number of carbonyl (C=O) groups is 1. The molecule has 3 N–H and O–H groups in total. The third-order valence-electron chi connectivity index (χ3n) is 2.68. The van der Waals surface area contributed by atoms with Crippen molar-refractivity contribution in [2.45, 2.75) is 10.6 Å². The second-order valence-corrected chi connectivity index (χ2v) is 7.57. The Morgan fingerprint density at radius 3 is 2.71 bits per heavy atom. The maximum atomic E-state index is 13.0. The first-order chi connectivity index (χ1) is 9.88. The van der Waals surface area contributed by atoms with E-state index in [2.05, 4.69) is 5.32 Å². The smallest absolute Gasteiger partial charge is 0.225 e. The highest BCUT2D eigenvalue weighted by Gasteiger charge is 2.17. The van der Waals surface area contributed by atoms with Gasteiger partial charge in [0, 0.05) is 12.1 Å². The highest BCUT2D eigenvalue weighted by Crippen LogP contribution is 2.19. The molecule has 0 aliphatic heterocycles. The Balaban J connectivity index is 1.95. The summed E-state index contributed by atoms with van der Waals surface area (Å²) < 4.78 is 37.0. The van der Waals surface area contributed by atoms with Gasteiger partial charge in [-0.25, -0.2) is 12.8 Å². The van der Waals surface area contributed by atoms with E-state index < -0.39 is 21.6 Å². The number of nitrogens with two attached hydrogens (primary N) is 1. The fourth-order valence-corrected chi connectivity index (χ4v) is 4.01. The molecule has 8 heteroatoms.